The number of rotatable bonds is 1. The molecule has 0 spiro atoms. The lowest BCUT2D eigenvalue weighted by molar-refractivity contribution is 0.606. The van der Waals surface area contributed by atoms with Crippen LogP contribution in [0.4, 0.5) is 0 Å². The van der Waals surface area contributed by atoms with Gasteiger partial charge in [-0.05, 0) is 12.1 Å². The Labute approximate surface area is 73.4 Å². The molecule has 1 rings (SSSR count). The highest BCUT2D eigenvalue weighted by molar-refractivity contribution is 8.13. The van der Waals surface area contributed by atoms with Gasteiger partial charge < -0.3 is 0 Å². The first-order valence-corrected chi connectivity index (χ1v) is 5.25. The molecule has 1 heterocycles. The van der Waals surface area contributed by atoms with Gasteiger partial charge in [0.15, 0.2) is 5.03 Å². The number of hydrogen-bond donors (Lipinski definition) is 0. The van der Waals surface area contributed by atoms with Crippen LogP contribution in [0.25, 0.3) is 0 Å². The summed E-state index contributed by atoms with van der Waals surface area (Å²) in [6.07, 6.45) is 1.28. The van der Waals surface area contributed by atoms with Gasteiger partial charge in [0.1, 0.15) is 0 Å². The predicted molar refractivity (Wildman–Crippen MR) is 42.3 cm³/mol. The average molecular weight is 212 g/mol. The Hall–Kier alpha value is -0.320. The quantitative estimate of drug-likeness (QED) is 0.665. The summed E-state index contributed by atoms with van der Waals surface area (Å²) in [5.41, 5.74) is 0. The van der Waals surface area contributed by atoms with Gasteiger partial charge in [-0.3, -0.25) is 0 Å². The Bertz CT molecular complexity index is 363. The molecule has 0 aliphatic rings. The molecule has 0 saturated carbocycles. The second kappa shape index (κ2) is 2.97. The zero-order valence-corrected chi connectivity index (χ0v) is 7.49. The van der Waals surface area contributed by atoms with Gasteiger partial charge in [-0.15, -0.1) is 0 Å². The first kappa shape index (κ1) is 8.77. The van der Waals surface area contributed by atoms with E-state index >= 15 is 0 Å². The lowest BCUT2D eigenvalue weighted by atomic mass is 10.5. The van der Waals surface area contributed by atoms with Crippen LogP contribution in [0.5, 0.6) is 0 Å². The number of aromatic nitrogens is 1. The van der Waals surface area contributed by atoms with Gasteiger partial charge in [0, 0.05) is 21.9 Å². The van der Waals surface area contributed by atoms with Gasteiger partial charge in [0.05, 0.1) is 0 Å². The third-order valence-corrected chi connectivity index (χ3v) is 2.38. The van der Waals surface area contributed by atoms with E-state index in [-0.39, 0.29) is 5.03 Å². The van der Waals surface area contributed by atoms with E-state index in [1.54, 1.807) is 0 Å². The zero-order chi connectivity index (χ0) is 8.48. The van der Waals surface area contributed by atoms with Gasteiger partial charge in [-0.2, -0.15) is 0 Å². The largest absolute Gasteiger partial charge is 0.278 e. The van der Waals surface area contributed by atoms with Crippen molar-refractivity contribution in [1.82, 2.24) is 4.98 Å². The number of hydrogen-bond acceptors (Lipinski definition) is 3. The van der Waals surface area contributed by atoms with Crippen molar-refractivity contribution in [3.05, 3.63) is 23.4 Å². The van der Waals surface area contributed by atoms with E-state index in [1.165, 1.54) is 18.3 Å². The van der Waals surface area contributed by atoms with Crippen LogP contribution in [-0.2, 0) is 9.05 Å². The van der Waals surface area contributed by atoms with Gasteiger partial charge in [-0.1, -0.05) is 11.6 Å². The topological polar surface area (TPSA) is 47.0 Å². The second-order valence-electron chi connectivity index (χ2n) is 1.75. The molecule has 0 saturated heterocycles. The van der Waals surface area contributed by atoms with Crippen molar-refractivity contribution in [2.45, 2.75) is 5.03 Å². The Balaban J connectivity index is 3.28. The number of pyridine rings is 1. The molecule has 0 aliphatic carbocycles. The summed E-state index contributed by atoms with van der Waals surface area (Å²) in [5.74, 6) is 0. The van der Waals surface area contributed by atoms with E-state index in [4.69, 9.17) is 22.3 Å². The van der Waals surface area contributed by atoms with Crippen LogP contribution in [-0.4, -0.2) is 13.4 Å². The number of halogens is 2. The Kier molecular flexibility index (Phi) is 2.37. The Morgan fingerprint density at radius 2 is 2.09 bits per heavy atom. The first-order chi connectivity index (χ1) is 5.00. The highest BCUT2D eigenvalue weighted by Crippen LogP contribution is 2.15. The zero-order valence-electron chi connectivity index (χ0n) is 5.16. The van der Waals surface area contributed by atoms with Crippen LogP contribution < -0.4 is 0 Å². The van der Waals surface area contributed by atoms with Crippen molar-refractivity contribution in [3.63, 3.8) is 0 Å². The van der Waals surface area contributed by atoms with Crippen molar-refractivity contribution in [2.75, 3.05) is 0 Å². The summed E-state index contributed by atoms with van der Waals surface area (Å²) in [6.45, 7) is 0. The van der Waals surface area contributed by atoms with Crippen LogP contribution in [0.3, 0.4) is 0 Å². The van der Waals surface area contributed by atoms with Crippen molar-refractivity contribution in [2.24, 2.45) is 0 Å². The molecule has 0 atom stereocenters. The molecule has 3 nitrogen and oxygen atoms in total. The maximum absolute atomic E-state index is 10.6. The molecular formula is C5H3Cl2NO2S. The lowest BCUT2D eigenvalue weighted by Gasteiger charge is -1.93. The van der Waals surface area contributed by atoms with E-state index in [1.807, 2.05) is 0 Å². The van der Waals surface area contributed by atoms with Gasteiger partial charge in [0.2, 0.25) is 0 Å². The molecule has 0 fully saturated rings. The van der Waals surface area contributed by atoms with Gasteiger partial charge in [-0.25, -0.2) is 13.4 Å². The van der Waals surface area contributed by atoms with E-state index in [0.29, 0.717) is 5.02 Å². The summed E-state index contributed by atoms with van der Waals surface area (Å²) in [7, 11) is 1.23. The smallest absolute Gasteiger partial charge is 0.243 e. The fourth-order valence-electron chi connectivity index (χ4n) is 0.519. The lowest BCUT2D eigenvalue weighted by Crippen LogP contribution is -1.93. The van der Waals surface area contributed by atoms with Crippen molar-refractivity contribution < 1.29 is 8.42 Å². The maximum Gasteiger partial charge on any atom is 0.278 e. The molecule has 0 amide bonds. The minimum Gasteiger partial charge on any atom is -0.243 e. The van der Waals surface area contributed by atoms with Crippen LogP contribution in [0.15, 0.2) is 23.4 Å². The molecule has 0 N–H and O–H groups in total. The fraction of sp³-hybridized carbons (Fsp3) is 0. The predicted octanol–water partition coefficient (Wildman–Crippen LogP) is 1.66. The highest BCUT2D eigenvalue weighted by atomic mass is 35.7. The summed E-state index contributed by atoms with van der Waals surface area (Å²) in [5, 5.41) is 0.0610. The third kappa shape index (κ3) is 2.32. The molecule has 0 radical (unpaired) electrons. The van der Waals surface area contributed by atoms with E-state index in [9.17, 15) is 8.42 Å². The summed E-state index contributed by atoms with van der Waals surface area (Å²) in [4.78, 5) is 3.51. The SMILES string of the molecule is O=S(=O)(Cl)c1cc(Cl)ccn1. The molecule has 6 heteroatoms. The van der Waals surface area contributed by atoms with Crippen molar-refractivity contribution in [1.29, 1.82) is 0 Å². The highest BCUT2D eigenvalue weighted by Gasteiger charge is 2.10. The minimum absolute atomic E-state index is 0.230. The number of nitrogens with zero attached hydrogens (tertiary/aromatic N) is 1. The van der Waals surface area contributed by atoms with Crippen LogP contribution in [0.2, 0.25) is 5.02 Å². The van der Waals surface area contributed by atoms with Crippen LogP contribution in [0.1, 0.15) is 0 Å². The van der Waals surface area contributed by atoms with Crippen LogP contribution in [0, 0.1) is 0 Å². The van der Waals surface area contributed by atoms with E-state index in [2.05, 4.69) is 4.98 Å². The average Bonchev–Trinajstić information content (AvgIpc) is 1.86. The summed E-state index contributed by atoms with van der Waals surface area (Å²) >= 11 is 5.49. The molecule has 1 aromatic heterocycles. The molecular weight excluding hydrogens is 209 g/mol. The maximum atomic E-state index is 10.6. The third-order valence-electron chi connectivity index (χ3n) is 0.947. The molecule has 0 aromatic carbocycles. The molecule has 11 heavy (non-hydrogen) atoms. The van der Waals surface area contributed by atoms with E-state index < -0.39 is 9.05 Å². The summed E-state index contributed by atoms with van der Waals surface area (Å²) < 4.78 is 21.3. The summed E-state index contributed by atoms with van der Waals surface area (Å²) in [6, 6.07) is 2.65. The fourth-order valence-corrected chi connectivity index (χ4v) is 1.45. The first-order valence-electron chi connectivity index (χ1n) is 2.56. The van der Waals surface area contributed by atoms with Crippen molar-refractivity contribution >= 4 is 31.3 Å². The molecule has 0 aliphatic heterocycles. The molecule has 0 bridgehead atoms. The Morgan fingerprint density at radius 1 is 1.45 bits per heavy atom. The molecule has 60 valence electrons. The minimum atomic E-state index is -3.75. The van der Waals surface area contributed by atoms with E-state index in [0.717, 1.165) is 0 Å². The Morgan fingerprint density at radius 3 is 2.45 bits per heavy atom. The molecule has 0 unspecified atom stereocenters. The van der Waals surface area contributed by atoms with Gasteiger partial charge in [0.25, 0.3) is 9.05 Å². The standard InChI is InChI=1S/C5H3Cl2NO2S/c6-4-1-2-8-5(3-4)11(7,9)10/h1-3H. The normalized spacial score (nSPS) is 11.5. The second-order valence-corrected chi connectivity index (χ2v) is 4.70. The van der Waals surface area contributed by atoms with Crippen LogP contribution >= 0.6 is 22.3 Å². The van der Waals surface area contributed by atoms with Crippen molar-refractivity contribution in [3.8, 4) is 0 Å². The van der Waals surface area contributed by atoms with Gasteiger partial charge >= 0.3 is 0 Å². The molecule has 1 aromatic rings. The monoisotopic (exact) mass is 211 g/mol.